The molecule has 4 heterocycles. The van der Waals surface area contributed by atoms with Crippen LogP contribution in [0.1, 0.15) is 43.9 Å². The number of H-pyrrole nitrogens is 1. The number of aromatic amines is 1. The largest absolute Gasteiger partial charge is 0.376 e. The topological polar surface area (TPSA) is 92.2 Å². The Bertz CT molecular complexity index is 1450. The van der Waals surface area contributed by atoms with Crippen molar-refractivity contribution in [3.63, 3.8) is 0 Å². The van der Waals surface area contributed by atoms with Gasteiger partial charge in [0.1, 0.15) is 11.6 Å². The van der Waals surface area contributed by atoms with Gasteiger partial charge in [0.2, 0.25) is 0 Å². The molecule has 9 nitrogen and oxygen atoms in total. The van der Waals surface area contributed by atoms with E-state index in [-0.39, 0.29) is 35.9 Å². The molecule has 0 saturated carbocycles. The standard InChI is InChI=1S/C28H31F2N7O2/c1-17-15-36(26-24-27(32-28(38)31-26)37(34-33-24)16-23-4-3-13-39-23)18(2)14-35(17)25(19-5-9-21(29)10-6-19)20-7-11-22(30)12-8-20/h5-12,17-18,23,25H,3-4,13-16H2,1-2H3,(H,31,32,38)/t17-,18+,23+/m1/s1. The van der Waals surface area contributed by atoms with Gasteiger partial charge in [0.15, 0.2) is 17.0 Å². The van der Waals surface area contributed by atoms with Crippen LogP contribution in [0.2, 0.25) is 0 Å². The van der Waals surface area contributed by atoms with Crippen LogP contribution in [-0.4, -0.2) is 67.7 Å². The minimum Gasteiger partial charge on any atom is -0.376 e. The summed E-state index contributed by atoms with van der Waals surface area (Å²) in [7, 11) is 0. The van der Waals surface area contributed by atoms with Gasteiger partial charge in [-0.2, -0.15) is 4.98 Å². The zero-order valence-electron chi connectivity index (χ0n) is 21.9. The highest BCUT2D eigenvalue weighted by Gasteiger charge is 2.37. The van der Waals surface area contributed by atoms with Crippen LogP contribution in [0.5, 0.6) is 0 Å². The number of nitrogens with zero attached hydrogens (tertiary/aromatic N) is 6. The number of anilines is 1. The highest BCUT2D eigenvalue weighted by molar-refractivity contribution is 5.82. The van der Waals surface area contributed by atoms with Gasteiger partial charge in [-0.1, -0.05) is 29.5 Å². The number of halogens is 2. The highest BCUT2D eigenvalue weighted by atomic mass is 19.1. The molecule has 2 aromatic carbocycles. The lowest BCUT2D eigenvalue weighted by Gasteiger charge is -2.48. The number of hydrogen-bond donors (Lipinski definition) is 1. The number of ether oxygens (including phenoxy) is 1. The molecule has 2 saturated heterocycles. The molecule has 2 aliphatic rings. The fourth-order valence-corrected chi connectivity index (χ4v) is 5.85. The molecule has 11 heteroatoms. The Morgan fingerprint density at radius 1 is 1.00 bits per heavy atom. The summed E-state index contributed by atoms with van der Waals surface area (Å²) >= 11 is 0. The first-order valence-corrected chi connectivity index (χ1v) is 13.4. The molecule has 2 aromatic heterocycles. The van der Waals surface area contributed by atoms with Crippen LogP contribution in [0, 0.1) is 11.6 Å². The summed E-state index contributed by atoms with van der Waals surface area (Å²) < 4.78 is 35.0. The summed E-state index contributed by atoms with van der Waals surface area (Å²) in [6.45, 7) is 6.64. The fourth-order valence-electron chi connectivity index (χ4n) is 5.85. The molecule has 2 fully saturated rings. The lowest BCUT2D eigenvalue weighted by Crippen LogP contribution is -2.58. The van der Waals surface area contributed by atoms with E-state index in [9.17, 15) is 13.6 Å². The normalized spacial score (nSPS) is 22.3. The van der Waals surface area contributed by atoms with Crippen LogP contribution >= 0.6 is 0 Å². The third kappa shape index (κ3) is 5.04. The maximum absolute atomic E-state index is 13.8. The van der Waals surface area contributed by atoms with Gasteiger partial charge in [-0.3, -0.25) is 9.88 Å². The van der Waals surface area contributed by atoms with Crippen LogP contribution in [0.3, 0.4) is 0 Å². The lowest BCUT2D eigenvalue weighted by atomic mass is 9.93. The fraction of sp³-hybridized carbons (Fsp3) is 0.429. The van der Waals surface area contributed by atoms with E-state index in [1.807, 2.05) is 0 Å². The third-order valence-corrected chi connectivity index (χ3v) is 7.79. The quantitative estimate of drug-likeness (QED) is 0.403. The first kappa shape index (κ1) is 25.6. The van der Waals surface area contributed by atoms with Crippen LogP contribution < -0.4 is 10.6 Å². The van der Waals surface area contributed by atoms with E-state index in [1.165, 1.54) is 24.3 Å². The van der Waals surface area contributed by atoms with E-state index in [4.69, 9.17) is 4.74 Å². The van der Waals surface area contributed by atoms with Gasteiger partial charge in [-0.15, -0.1) is 5.10 Å². The van der Waals surface area contributed by atoms with Crippen molar-refractivity contribution in [3.8, 4) is 0 Å². The Kier molecular flexibility index (Phi) is 6.86. The lowest BCUT2D eigenvalue weighted by molar-refractivity contribution is 0.0944. The molecule has 204 valence electrons. The van der Waals surface area contributed by atoms with Gasteiger partial charge in [-0.05, 0) is 62.1 Å². The maximum Gasteiger partial charge on any atom is 0.348 e. The van der Waals surface area contributed by atoms with Gasteiger partial charge < -0.3 is 9.64 Å². The molecular weight excluding hydrogens is 504 g/mol. The molecule has 2 aliphatic heterocycles. The van der Waals surface area contributed by atoms with Gasteiger partial charge in [0.25, 0.3) is 0 Å². The SMILES string of the molecule is C[C@@H]1CN(c2nc(=O)[nH]c3c2nnn3C[C@@H]2CCCO2)[C@@H](C)CN1C(c1ccc(F)cc1)c1ccc(F)cc1. The molecule has 3 atom stereocenters. The van der Waals surface area contributed by atoms with Crippen molar-refractivity contribution < 1.29 is 13.5 Å². The second-order valence-electron chi connectivity index (χ2n) is 10.5. The Labute approximate surface area is 224 Å². The Hall–Kier alpha value is -3.70. The number of hydrogen-bond acceptors (Lipinski definition) is 7. The molecule has 4 aromatic rings. The van der Waals surface area contributed by atoms with E-state index in [0.717, 1.165) is 30.6 Å². The molecule has 0 unspecified atom stereocenters. The van der Waals surface area contributed by atoms with Crippen molar-refractivity contribution in [3.05, 3.63) is 81.8 Å². The van der Waals surface area contributed by atoms with E-state index in [0.29, 0.717) is 36.6 Å². The number of fused-ring (bicyclic) bond motifs is 1. The molecule has 39 heavy (non-hydrogen) atoms. The molecule has 0 bridgehead atoms. The second-order valence-corrected chi connectivity index (χ2v) is 10.5. The number of piperazine rings is 1. The zero-order chi connectivity index (χ0) is 27.1. The first-order valence-electron chi connectivity index (χ1n) is 13.4. The third-order valence-electron chi connectivity index (χ3n) is 7.79. The predicted molar refractivity (Wildman–Crippen MR) is 143 cm³/mol. The van der Waals surface area contributed by atoms with E-state index in [1.54, 1.807) is 28.9 Å². The van der Waals surface area contributed by atoms with Crippen LogP contribution in [-0.2, 0) is 11.3 Å². The molecule has 0 spiro atoms. The number of benzene rings is 2. The molecular formula is C28H31F2N7O2. The van der Waals surface area contributed by atoms with Crippen molar-refractivity contribution in [2.75, 3.05) is 24.6 Å². The van der Waals surface area contributed by atoms with Crippen molar-refractivity contribution in [1.29, 1.82) is 0 Å². The molecule has 1 N–H and O–H groups in total. The van der Waals surface area contributed by atoms with Crippen molar-refractivity contribution in [2.24, 2.45) is 0 Å². The van der Waals surface area contributed by atoms with Gasteiger partial charge in [-0.25, -0.2) is 18.3 Å². The maximum atomic E-state index is 13.8. The Morgan fingerprint density at radius 3 is 2.28 bits per heavy atom. The van der Waals surface area contributed by atoms with Crippen LogP contribution in [0.15, 0.2) is 53.3 Å². The number of aromatic nitrogens is 5. The van der Waals surface area contributed by atoms with Gasteiger partial charge in [0, 0.05) is 31.8 Å². The van der Waals surface area contributed by atoms with Crippen LogP contribution in [0.25, 0.3) is 11.2 Å². The summed E-state index contributed by atoms with van der Waals surface area (Å²) in [6.07, 6.45) is 2.01. The minimum absolute atomic E-state index is 0.0133. The summed E-state index contributed by atoms with van der Waals surface area (Å²) in [6, 6.07) is 12.7. The minimum atomic E-state index is -0.453. The summed E-state index contributed by atoms with van der Waals surface area (Å²) in [4.78, 5) is 24.2. The average molecular weight is 536 g/mol. The molecule has 6 rings (SSSR count). The Morgan fingerprint density at radius 2 is 1.67 bits per heavy atom. The van der Waals surface area contributed by atoms with Crippen molar-refractivity contribution in [1.82, 2.24) is 29.9 Å². The molecule has 0 aliphatic carbocycles. The van der Waals surface area contributed by atoms with Crippen molar-refractivity contribution >= 4 is 17.0 Å². The summed E-state index contributed by atoms with van der Waals surface area (Å²) in [5.74, 6) is -0.106. The Balaban J connectivity index is 1.32. The predicted octanol–water partition coefficient (Wildman–Crippen LogP) is 3.66. The average Bonchev–Trinajstić information content (AvgIpc) is 3.58. The molecule has 0 radical (unpaired) electrons. The summed E-state index contributed by atoms with van der Waals surface area (Å²) in [5, 5.41) is 8.72. The monoisotopic (exact) mass is 535 g/mol. The van der Waals surface area contributed by atoms with E-state index < -0.39 is 5.69 Å². The summed E-state index contributed by atoms with van der Waals surface area (Å²) in [5.41, 5.74) is 2.48. The van der Waals surface area contributed by atoms with Crippen molar-refractivity contribution in [2.45, 2.75) is 57.5 Å². The van der Waals surface area contributed by atoms with Gasteiger partial charge >= 0.3 is 5.69 Å². The van der Waals surface area contributed by atoms with E-state index >= 15 is 0 Å². The van der Waals surface area contributed by atoms with Gasteiger partial charge in [0.05, 0.1) is 18.7 Å². The first-order chi connectivity index (χ1) is 18.9. The number of nitrogens with one attached hydrogen (secondary N) is 1. The van der Waals surface area contributed by atoms with Crippen LogP contribution in [0.4, 0.5) is 14.6 Å². The number of rotatable bonds is 6. The highest BCUT2D eigenvalue weighted by Crippen LogP contribution is 2.35. The zero-order valence-corrected chi connectivity index (χ0v) is 21.9. The smallest absolute Gasteiger partial charge is 0.348 e. The molecule has 0 amide bonds. The van der Waals surface area contributed by atoms with E-state index in [2.05, 4.69) is 43.9 Å². The second kappa shape index (κ2) is 10.5.